The second kappa shape index (κ2) is 6.44. The summed E-state index contributed by atoms with van der Waals surface area (Å²) in [6, 6.07) is 8.07. The third-order valence-electron chi connectivity index (χ3n) is 3.56. The summed E-state index contributed by atoms with van der Waals surface area (Å²) >= 11 is 1.89. The first-order chi connectivity index (χ1) is 9.13. The van der Waals surface area contributed by atoms with Crippen molar-refractivity contribution in [1.29, 1.82) is 0 Å². The van der Waals surface area contributed by atoms with Crippen LogP contribution in [-0.2, 0) is 16.0 Å². The Morgan fingerprint density at radius 3 is 3.00 bits per heavy atom. The van der Waals surface area contributed by atoms with Gasteiger partial charge in [-0.1, -0.05) is 29.8 Å². The standard InChI is InChI=1S/C15H21NO2S/c1-12-4-3-5-13(8-12)9-14(17)16-10-15(18-2)6-7-19-11-15/h3-5,8H,6-7,9-11H2,1-2H3,(H,16,17). The second-order valence-corrected chi connectivity index (χ2v) is 6.24. The van der Waals surface area contributed by atoms with Crippen LogP contribution in [0.2, 0.25) is 0 Å². The average Bonchev–Trinajstić information content (AvgIpc) is 2.86. The number of nitrogens with one attached hydrogen (secondary N) is 1. The molecule has 1 aromatic carbocycles. The van der Waals surface area contributed by atoms with Gasteiger partial charge in [-0.3, -0.25) is 4.79 Å². The molecule has 1 heterocycles. The monoisotopic (exact) mass is 279 g/mol. The van der Waals surface area contributed by atoms with E-state index in [0.717, 1.165) is 23.5 Å². The Labute approximate surface area is 119 Å². The molecule has 104 valence electrons. The fraction of sp³-hybridized carbons (Fsp3) is 0.533. The number of ether oxygens (including phenoxy) is 1. The van der Waals surface area contributed by atoms with Crippen molar-refractivity contribution in [2.45, 2.75) is 25.4 Å². The number of hydrogen-bond acceptors (Lipinski definition) is 3. The normalized spacial score (nSPS) is 22.4. The average molecular weight is 279 g/mol. The Kier molecular flexibility index (Phi) is 4.88. The molecule has 1 aromatic rings. The van der Waals surface area contributed by atoms with Gasteiger partial charge < -0.3 is 10.1 Å². The van der Waals surface area contributed by atoms with Gasteiger partial charge in [0.15, 0.2) is 0 Å². The highest BCUT2D eigenvalue weighted by Crippen LogP contribution is 2.30. The molecule has 2 rings (SSSR count). The molecule has 1 N–H and O–H groups in total. The highest BCUT2D eigenvalue weighted by Gasteiger charge is 2.34. The minimum atomic E-state index is -0.160. The number of amides is 1. The smallest absolute Gasteiger partial charge is 0.224 e. The molecule has 0 radical (unpaired) electrons. The van der Waals surface area contributed by atoms with Crippen LogP contribution in [0.4, 0.5) is 0 Å². The Morgan fingerprint density at radius 2 is 2.37 bits per heavy atom. The molecular formula is C15H21NO2S. The summed E-state index contributed by atoms with van der Waals surface area (Å²) in [6.07, 6.45) is 1.45. The van der Waals surface area contributed by atoms with E-state index in [4.69, 9.17) is 4.74 Å². The summed E-state index contributed by atoms with van der Waals surface area (Å²) in [5.41, 5.74) is 2.09. The van der Waals surface area contributed by atoms with Gasteiger partial charge in [0.05, 0.1) is 12.0 Å². The molecule has 1 fully saturated rings. The molecule has 0 saturated carbocycles. The summed E-state index contributed by atoms with van der Waals surface area (Å²) in [6.45, 7) is 2.65. The van der Waals surface area contributed by atoms with Gasteiger partial charge in [0.1, 0.15) is 0 Å². The molecule has 0 aliphatic carbocycles. The summed E-state index contributed by atoms with van der Waals surface area (Å²) in [5, 5.41) is 3.01. The molecule has 4 heteroatoms. The maximum atomic E-state index is 12.0. The summed E-state index contributed by atoms with van der Waals surface area (Å²) in [5.74, 6) is 2.15. The number of aryl methyl sites for hydroxylation is 1. The highest BCUT2D eigenvalue weighted by atomic mass is 32.2. The van der Waals surface area contributed by atoms with Crippen LogP contribution in [-0.4, -0.2) is 36.7 Å². The number of methoxy groups -OCH3 is 1. The first-order valence-corrected chi connectivity index (χ1v) is 7.74. The predicted molar refractivity (Wildman–Crippen MR) is 79.6 cm³/mol. The Balaban J connectivity index is 1.84. The van der Waals surface area contributed by atoms with E-state index in [9.17, 15) is 4.79 Å². The maximum Gasteiger partial charge on any atom is 0.224 e. The summed E-state index contributed by atoms with van der Waals surface area (Å²) in [7, 11) is 1.73. The molecule has 0 spiro atoms. The van der Waals surface area contributed by atoms with E-state index < -0.39 is 0 Å². The zero-order valence-corrected chi connectivity index (χ0v) is 12.4. The van der Waals surface area contributed by atoms with Gasteiger partial charge in [0.2, 0.25) is 5.91 Å². The van der Waals surface area contributed by atoms with Gasteiger partial charge in [-0.2, -0.15) is 11.8 Å². The van der Waals surface area contributed by atoms with Crippen LogP contribution in [0.3, 0.4) is 0 Å². The largest absolute Gasteiger partial charge is 0.376 e. The third kappa shape index (κ3) is 3.98. The maximum absolute atomic E-state index is 12.0. The quantitative estimate of drug-likeness (QED) is 0.898. The van der Waals surface area contributed by atoms with Gasteiger partial charge in [0, 0.05) is 19.4 Å². The van der Waals surface area contributed by atoms with Crippen LogP contribution in [0, 0.1) is 6.92 Å². The SMILES string of the molecule is COC1(CNC(=O)Cc2cccc(C)c2)CCSC1. The number of rotatable bonds is 5. The first-order valence-electron chi connectivity index (χ1n) is 6.59. The predicted octanol–water partition coefficient (Wildman–Crippen LogP) is 2.18. The fourth-order valence-electron chi connectivity index (χ4n) is 2.29. The molecule has 19 heavy (non-hydrogen) atoms. The van der Waals surface area contributed by atoms with Crippen molar-refractivity contribution >= 4 is 17.7 Å². The summed E-state index contributed by atoms with van der Waals surface area (Å²) in [4.78, 5) is 12.0. The third-order valence-corrected chi connectivity index (χ3v) is 4.78. The molecule has 3 nitrogen and oxygen atoms in total. The van der Waals surface area contributed by atoms with E-state index >= 15 is 0 Å². The van der Waals surface area contributed by atoms with Crippen LogP contribution >= 0.6 is 11.8 Å². The van der Waals surface area contributed by atoms with Crippen molar-refractivity contribution in [2.24, 2.45) is 0 Å². The number of benzene rings is 1. The van der Waals surface area contributed by atoms with Gasteiger partial charge in [0.25, 0.3) is 0 Å². The molecule has 1 aliphatic rings. The van der Waals surface area contributed by atoms with Gasteiger partial charge in [-0.05, 0) is 24.7 Å². The van der Waals surface area contributed by atoms with Crippen molar-refractivity contribution in [3.05, 3.63) is 35.4 Å². The lowest BCUT2D eigenvalue weighted by molar-refractivity contribution is -0.121. The lowest BCUT2D eigenvalue weighted by Crippen LogP contribution is -2.45. The van der Waals surface area contributed by atoms with Crippen molar-refractivity contribution in [1.82, 2.24) is 5.32 Å². The number of thioether (sulfide) groups is 1. The Hall–Kier alpha value is -1.00. The van der Waals surface area contributed by atoms with Gasteiger partial charge in [-0.15, -0.1) is 0 Å². The topological polar surface area (TPSA) is 38.3 Å². The highest BCUT2D eigenvalue weighted by molar-refractivity contribution is 7.99. The second-order valence-electron chi connectivity index (χ2n) is 5.13. The van der Waals surface area contributed by atoms with E-state index in [1.807, 2.05) is 36.9 Å². The zero-order chi connectivity index (χ0) is 13.7. The molecule has 1 unspecified atom stereocenters. The van der Waals surface area contributed by atoms with Crippen LogP contribution in [0.1, 0.15) is 17.5 Å². The van der Waals surface area contributed by atoms with Crippen LogP contribution in [0.15, 0.2) is 24.3 Å². The van der Waals surface area contributed by atoms with E-state index in [0.29, 0.717) is 13.0 Å². The Morgan fingerprint density at radius 1 is 1.53 bits per heavy atom. The molecule has 1 saturated heterocycles. The molecule has 1 amide bonds. The molecule has 1 aliphatic heterocycles. The van der Waals surface area contributed by atoms with E-state index in [1.165, 1.54) is 5.56 Å². The van der Waals surface area contributed by atoms with Crippen LogP contribution < -0.4 is 5.32 Å². The fourth-order valence-corrected chi connectivity index (χ4v) is 3.69. The van der Waals surface area contributed by atoms with Crippen LogP contribution in [0.5, 0.6) is 0 Å². The van der Waals surface area contributed by atoms with E-state index in [1.54, 1.807) is 7.11 Å². The van der Waals surface area contributed by atoms with Crippen molar-refractivity contribution < 1.29 is 9.53 Å². The number of carbonyl (C=O) groups is 1. The number of hydrogen-bond donors (Lipinski definition) is 1. The number of carbonyl (C=O) groups excluding carboxylic acids is 1. The van der Waals surface area contributed by atoms with Gasteiger partial charge in [-0.25, -0.2) is 0 Å². The zero-order valence-electron chi connectivity index (χ0n) is 11.6. The molecular weight excluding hydrogens is 258 g/mol. The van der Waals surface area contributed by atoms with Crippen molar-refractivity contribution in [3.63, 3.8) is 0 Å². The van der Waals surface area contributed by atoms with E-state index in [2.05, 4.69) is 11.4 Å². The lowest BCUT2D eigenvalue weighted by Gasteiger charge is -2.26. The Bertz CT molecular complexity index is 442. The summed E-state index contributed by atoms with van der Waals surface area (Å²) < 4.78 is 5.58. The lowest BCUT2D eigenvalue weighted by atomic mass is 10.0. The van der Waals surface area contributed by atoms with Crippen molar-refractivity contribution in [3.8, 4) is 0 Å². The van der Waals surface area contributed by atoms with Gasteiger partial charge >= 0.3 is 0 Å². The minimum absolute atomic E-state index is 0.0684. The van der Waals surface area contributed by atoms with Crippen LogP contribution in [0.25, 0.3) is 0 Å². The molecule has 0 bridgehead atoms. The van der Waals surface area contributed by atoms with E-state index in [-0.39, 0.29) is 11.5 Å². The molecule has 0 aromatic heterocycles. The minimum Gasteiger partial charge on any atom is -0.376 e. The first kappa shape index (κ1) is 14.4. The van der Waals surface area contributed by atoms with Crippen molar-refractivity contribution in [2.75, 3.05) is 25.2 Å². The molecule has 1 atom stereocenters.